The third-order valence-corrected chi connectivity index (χ3v) is 3.01. The lowest BCUT2D eigenvalue weighted by Gasteiger charge is -2.04. The van der Waals surface area contributed by atoms with Gasteiger partial charge in [-0.3, -0.25) is 0 Å². The molecule has 0 bridgehead atoms. The van der Waals surface area contributed by atoms with Gasteiger partial charge in [-0.25, -0.2) is 9.78 Å². The van der Waals surface area contributed by atoms with Crippen molar-refractivity contribution in [2.45, 2.75) is 6.42 Å². The fraction of sp³-hybridized carbons (Fsp3) is 0.167. The summed E-state index contributed by atoms with van der Waals surface area (Å²) in [5.74, 6) is -0.258. The minimum atomic E-state index is -0.931. The van der Waals surface area contributed by atoms with Gasteiger partial charge in [0.1, 0.15) is 5.75 Å². The molecule has 0 unspecified atom stereocenters. The summed E-state index contributed by atoms with van der Waals surface area (Å²) in [6.45, 7) is 0.542. The van der Waals surface area contributed by atoms with E-state index in [0.717, 1.165) is 11.4 Å². The third kappa shape index (κ3) is 3.29. The minimum absolute atomic E-state index is 0.261. The van der Waals surface area contributed by atoms with Gasteiger partial charge in [-0.2, -0.15) is 0 Å². The molecule has 4 nitrogen and oxygen atoms in total. The normalized spacial score (nSPS) is 10.1. The second-order valence-corrected chi connectivity index (χ2v) is 4.33. The number of rotatable bonds is 5. The molecule has 0 aliphatic rings. The van der Waals surface area contributed by atoms with Crippen LogP contribution in [0.4, 0.5) is 0 Å². The number of carboxylic acid groups (broad SMARTS) is 1. The molecule has 0 amide bonds. The van der Waals surface area contributed by atoms with Gasteiger partial charge in [0.15, 0.2) is 0 Å². The summed E-state index contributed by atoms with van der Waals surface area (Å²) >= 11 is 1.60. The van der Waals surface area contributed by atoms with Crippen LogP contribution in [0.5, 0.6) is 5.75 Å². The first-order valence-electron chi connectivity index (χ1n) is 5.10. The van der Waals surface area contributed by atoms with Crippen LogP contribution in [0.15, 0.2) is 35.8 Å². The van der Waals surface area contributed by atoms with Crippen molar-refractivity contribution in [3.63, 3.8) is 0 Å². The van der Waals surface area contributed by atoms with E-state index in [1.807, 2.05) is 5.38 Å². The Morgan fingerprint density at radius 3 is 2.71 bits per heavy atom. The van der Waals surface area contributed by atoms with E-state index in [2.05, 4.69) is 4.98 Å². The lowest BCUT2D eigenvalue weighted by atomic mass is 10.2. The van der Waals surface area contributed by atoms with Gasteiger partial charge >= 0.3 is 5.97 Å². The molecule has 17 heavy (non-hydrogen) atoms. The Hall–Kier alpha value is -1.88. The molecule has 0 radical (unpaired) electrons. The van der Waals surface area contributed by atoms with Gasteiger partial charge in [0.05, 0.1) is 17.2 Å². The predicted octanol–water partition coefficient (Wildman–Crippen LogP) is 2.46. The quantitative estimate of drug-likeness (QED) is 0.884. The fourth-order valence-corrected chi connectivity index (χ4v) is 1.93. The van der Waals surface area contributed by atoms with E-state index in [4.69, 9.17) is 9.84 Å². The molecule has 1 heterocycles. The first kappa shape index (κ1) is 11.6. The van der Waals surface area contributed by atoms with Crippen molar-refractivity contribution in [2.24, 2.45) is 0 Å². The Balaban J connectivity index is 1.85. The number of ether oxygens (including phenoxy) is 1. The summed E-state index contributed by atoms with van der Waals surface area (Å²) in [5, 5.41) is 11.7. The van der Waals surface area contributed by atoms with Crippen molar-refractivity contribution in [3.05, 3.63) is 46.4 Å². The zero-order valence-electron chi connectivity index (χ0n) is 9.00. The Morgan fingerprint density at radius 1 is 1.35 bits per heavy atom. The van der Waals surface area contributed by atoms with Gasteiger partial charge in [-0.15, -0.1) is 11.3 Å². The molecule has 5 heteroatoms. The number of hydrogen-bond acceptors (Lipinski definition) is 4. The minimum Gasteiger partial charge on any atom is -0.493 e. The fourth-order valence-electron chi connectivity index (χ4n) is 1.33. The van der Waals surface area contributed by atoms with E-state index < -0.39 is 5.97 Å². The molecule has 2 aromatic rings. The van der Waals surface area contributed by atoms with Crippen molar-refractivity contribution in [3.8, 4) is 5.75 Å². The number of nitrogens with zero attached hydrogens (tertiary/aromatic N) is 1. The van der Waals surface area contributed by atoms with E-state index in [0.29, 0.717) is 12.4 Å². The van der Waals surface area contributed by atoms with Gasteiger partial charge in [0, 0.05) is 18.0 Å². The summed E-state index contributed by atoms with van der Waals surface area (Å²) in [6, 6.07) is 6.37. The van der Waals surface area contributed by atoms with Crippen LogP contribution < -0.4 is 4.74 Å². The Bertz CT molecular complexity index is 479. The van der Waals surface area contributed by atoms with E-state index in [1.54, 1.807) is 29.7 Å². The molecule has 0 fully saturated rings. The first-order valence-corrected chi connectivity index (χ1v) is 5.98. The van der Waals surface area contributed by atoms with Crippen molar-refractivity contribution in [2.75, 3.05) is 6.61 Å². The molecule has 2 rings (SSSR count). The molecule has 0 atom stereocenters. The van der Waals surface area contributed by atoms with Crippen LogP contribution in [0.2, 0.25) is 0 Å². The molecule has 0 saturated heterocycles. The average molecular weight is 249 g/mol. The maximum Gasteiger partial charge on any atom is 0.335 e. The number of benzene rings is 1. The van der Waals surface area contributed by atoms with Crippen molar-refractivity contribution in [1.82, 2.24) is 4.98 Å². The molecule has 1 aromatic heterocycles. The molecule has 1 aromatic carbocycles. The molecular weight excluding hydrogens is 238 g/mol. The van der Waals surface area contributed by atoms with Gasteiger partial charge in [0.25, 0.3) is 0 Å². The summed E-state index contributed by atoms with van der Waals surface area (Å²) in [4.78, 5) is 14.8. The number of thiazole rings is 1. The highest BCUT2D eigenvalue weighted by atomic mass is 32.1. The van der Waals surface area contributed by atoms with E-state index in [9.17, 15) is 4.79 Å². The summed E-state index contributed by atoms with van der Waals surface area (Å²) in [7, 11) is 0. The lowest BCUT2D eigenvalue weighted by Crippen LogP contribution is -2.01. The van der Waals surface area contributed by atoms with Crippen LogP contribution in [0, 0.1) is 0 Å². The van der Waals surface area contributed by atoms with Crippen LogP contribution in [0.1, 0.15) is 15.4 Å². The molecule has 0 spiro atoms. The Morgan fingerprint density at radius 2 is 2.12 bits per heavy atom. The summed E-state index contributed by atoms with van der Waals surface area (Å²) in [6.07, 6.45) is 2.53. The van der Waals surface area contributed by atoms with Crippen molar-refractivity contribution >= 4 is 17.3 Å². The van der Waals surface area contributed by atoms with Gasteiger partial charge in [0.2, 0.25) is 0 Å². The Labute approximate surface area is 103 Å². The maximum absolute atomic E-state index is 10.6. The maximum atomic E-state index is 10.6. The van der Waals surface area contributed by atoms with Crippen LogP contribution in [0.3, 0.4) is 0 Å². The predicted molar refractivity (Wildman–Crippen MR) is 64.7 cm³/mol. The van der Waals surface area contributed by atoms with Crippen LogP contribution in [-0.4, -0.2) is 22.7 Å². The first-order chi connectivity index (χ1) is 8.25. The highest BCUT2D eigenvalue weighted by Crippen LogP contribution is 2.13. The Kier molecular flexibility index (Phi) is 3.72. The van der Waals surface area contributed by atoms with E-state index in [1.165, 1.54) is 12.1 Å². The van der Waals surface area contributed by atoms with Gasteiger partial charge in [-0.05, 0) is 24.3 Å². The number of carboxylic acids is 1. The van der Waals surface area contributed by atoms with Gasteiger partial charge in [-0.1, -0.05) is 0 Å². The molecule has 0 saturated carbocycles. The zero-order chi connectivity index (χ0) is 12.1. The number of carbonyl (C=O) groups is 1. The van der Waals surface area contributed by atoms with Crippen LogP contribution in [0.25, 0.3) is 0 Å². The zero-order valence-corrected chi connectivity index (χ0v) is 9.81. The monoisotopic (exact) mass is 249 g/mol. The third-order valence-electron chi connectivity index (χ3n) is 2.17. The molecule has 0 aliphatic heterocycles. The van der Waals surface area contributed by atoms with Gasteiger partial charge < -0.3 is 9.84 Å². The number of aromatic carboxylic acids is 1. The second-order valence-electron chi connectivity index (χ2n) is 3.35. The van der Waals surface area contributed by atoms with E-state index in [-0.39, 0.29) is 5.56 Å². The number of aromatic nitrogens is 1. The molecular formula is C12H11NO3S. The molecule has 0 aliphatic carbocycles. The van der Waals surface area contributed by atoms with Crippen LogP contribution in [-0.2, 0) is 6.42 Å². The summed E-state index contributed by atoms with van der Waals surface area (Å²) < 4.78 is 5.49. The van der Waals surface area contributed by atoms with Crippen LogP contribution >= 0.6 is 11.3 Å². The molecule has 1 N–H and O–H groups in total. The lowest BCUT2D eigenvalue weighted by molar-refractivity contribution is 0.0697. The average Bonchev–Trinajstić information content (AvgIpc) is 2.83. The highest BCUT2D eigenvalue weighted by molar-refractivity contribution is 7.09. The van der Waals surface area contributed by atoms with Crippen molar-refractivity contribution < 1.29 is 14.6 Å². The number of hydrogen-bond donors (Lipinski definition) is 1. The summed E-state index contributed by atoms with van der Waals surface area (Å²) in [5.41, 5.74) is 0.261. The smallest absolute Gasteiger partial charge is 0.335 e. The largest absolute Gasteiger partial charge is 0.493 e. The van der Waals surface area contributed by atoms with Crippen molar-refractivity contribution in [1.29, 1.82) is 0 Å². The standard InChI is InChI=1S/C12H11NO3S/c14-12(15)9-1-3-10(4-2-9)16-7-5-11-13-6-8-17-11/h1-4,6,8H,5,7H2,(H,14,15). The SMILES string of the molecule is O=C(O)c1ccc(OCCc2nccs2)cc1. The topological polar surface area (TPSA) is 59.4 Å². The highest BCUT2D eigenvalue weighted by Gasteiger charge is 2.02. The molecule has 88 valence electrons. The van der Waals surface area contributed by atoms with E-state index >= 15 is 0 Å². The second kappa shape index (κ2) is 5.45.